The van der Waals surface area contributed by atoms with E-state index in [4.69, 9.17) is 11.6 Å². The topological polar surface area (TPSA) is 72.5 Å². The number of esters is 1. The number of sulfonamides is 1. The third-order valence-electron chi connectivity index (χ3n) is 2.25. The van der Waals surface area contributed by atoms with Gasteiger partial charge in [0, 0.05) is 5.02 Å². The lowest BCUT2D eigenvalue weighted by Crippen LogP contribution is -2.32. The molecule has 0 unspecified atom stereocenters. The fourth-order valence-corrected chi connectivity index (χ4v) is 2.75. The van der Waals surface area contributed by atoms with Crippen LogP contribution in [-0.2, 0) is 25.7 Å². The van der Waals surface area contributed by atoms with Crippen molar-refractivity contribution < 1.29 is 31.1 Å². The number of nitrogens with one attached hydrogen (secondary N) is 1. The van der Waals surface area contributed by atoms with Crippen LogP contribution < -0.4 is 4.72 Å². The summed E-state index contributed by atoms with van der Waals surface area (Å²) in [4.78, 5) is 10.1. The number of hydrogen-bond acceptors (Lipinski definition) is 4. The Labute approximate surface area is 124 Å². The summed E-state index contributed by atoms with van der Waals surface area (Å²) in [6.45, 7) is 0.763. The lowest BCUT2D eigenvalue weighted by atomic mass is 10.2. The molecule has 10 heteroatoms. The maximum Gasteiger partial charge on any atom is 0.417 e. The molecular formula is C11H11ClF3NO4S. The van der Waals surface area contributed by atoms with Crippen LogP contribution in [0, 0.1) is 0 Å². The second kappa shape index (κ2) is 6.63. The van der Waals surface area contributed by atoms with Gasteiger partial charge in [-0.3, -0.25) is 4.79 Å². The van der Waals surface area contributed by atoms with Crippen molar-refractivity contribution in [2.45, 2.75) is 18.0 Å². The lowest BCUT2D eigenvalue weighted by molar-refractivity contribution is -0.141. The molecule has 0 aliphatic heterocycles. The first kappa shape index (κ1) is 17.7. The minimum atomic E-state index is -4.90. The molecule has 21 heavy (non-hydrogen) atoms. The molecular weight excluding hydrogens is 335 g/mol. The Morgan fingerprint density at radius 2 is 2.00 bits per heavy atom. The summed E-state index contributed by atoms with van der Waals surface area (Å²) in [5.74, 6) is -0.899. The van der Waals surface area contributed by atoms with Gasteiger partial charge in [0.25, 0.3) is 0 Å². The summed E-state index contributed by atoms with van der Waals surface area (Å²) in [6.07, 6.45) is -4.90. The molecule has 0 saturated carbocycles. The van der Waals surface area contributed by atoms with Crippen molar-refractivity contribution in [3.05, 3.63) is 28.8 Å². The second-order valence-electron chi connectivity index (χ2n) is 3.77. The van der Waals surface area contributed by atoms with Crippen molar-refractivity contribution >= 4 is 27.6 Å². The number of carbonyl (C=O) groups excluding carboxylic acids is 1. The summed E-state index contributed by atoms with van der Waals surface area (Å²) in [7, 11) is -4.53. The van der Waals surface area contributed by atoms with Crippen LogP contribution >= 0.6 is 11.6 Å². The van der Waals surface area contributed by atoms with E-state index >= 15 is 0 Å². The van der Waals surface area contributed by atoms with Gasteiger partial charge in [-0.25, -0.2) is 8.42 Å². The van der Waals surface area contributed by atoms with Crippen molar-refractivity contribution in [3.8, 4) is 0 Å². The van der Waals surface area contributed by atoms with Crippen LogP contribution in [0.25, 0.3) is 0 Å². The van der Waals surface area contributed by atoms with Gasteiger partial charge in [-0.05, 0) is 25.1 Å². The fraction of sp³-hybridized carbons (Fsp3) is 0.364. The van der Waals surface area contributed by atoms with Gasteiger partial charge in [-0.2, -0.15) is 17.9 Å². The molecule has 118 valence electrons. The summed E-state index contributed by atoms with van der Waals surface area (Å²) < 4.78 is 68.4. The maximum absolute atomic E-state index is 12.8. The lowest BCUT2D eigenvalue weighted by Gasteiger charge is -2.14. The number of ether oxygens (including phenoxy) is 1. The molecule has 0 bridgehead atoms. The Kier molecular flexibility index (Phi) is 5.60. The fourth-order valence-electron chi connectivity index (χ4n) is 1.40. The predicted molar refractivity (Wildman–Crippen MR) is 68.3 cm³/mol. The molecule has 0 amide bonds. The highest BCUT2D eigenvalue weighted by Gasteiger charge is 2.37. The molecule has 0 fully saturated rings. The van der Waals surface area contributed by atoms with Gasteiger partial charge in [0.1, 0.15) is 6.54 Å². The first-order chi connectivity index (χ1) is 9.58. The average molecular weight is 346 g/mol. The third-order valence-corrected chi connectivity index (χ3v) is 3.94. The van der Waals surface area contributed by atoms with Gasteiger partial charge in [-0.15, -0.1) is 0 Å². The molecule has 0 spiro atoms. The van der Waals surface area contributed by atoms with Crippen LogP contribution in [0.1, 0.15) is 12.5 Å². The largest absolute Gasteiger partial charge is 0.465 e. The van der Waals surface area contributed by atoms with E-state index in [1.54, 1.807) is 4.72 Å². The van der Waals surface area contributed by atoms with Crippen molar-refractivity contribution in [3.63, 3.8) is 0 Å². The van der Waals surface area contributed by atoms with E-state index in [1.165, 1.54) is 6.92 Å². The Morgan fingerprint density at radius 1 is 1.38 bits per heavy atom. The van der Waals surface area contributed by atoms with Crippen molar-refractivity contribution in [2.24, 2.45) is 0 Å². The van der Waals surface area contributed by atoms with Gasteiger partial charge in [0.05, 0.1) is 17.1 Å². The molecule has 1 aromatic carbocycles. The van der Waals surface area contributed by atoms with E-state index in [0.29, 0.717) is 6.07 Å². The predicted octanol–water partition coefficient (Wildman–Crippen LogP) is 2.20. The molecule has 0 saturated heterocycles. The summed E-state index contributed by atoms with van der Waals surface area (Å²) in [6, 6.07) is 2.23. The van der Waals surface area contributed by atoms with Crippen molar-refractivity contribution in [1.29, 1.82) is 0 Å². The Bertz CT molecular complexity index is 631. The highest BCUT2D eigenvalue weighted by Crippen LogP contribution is 2.35. The Balaban J connectivity index is 3.12. The normalized spacial score (nSPS) is 12.2. The Morgan fingerprint density at radius 3 is 2.52 bits per heavy atom. The summed E-state index contributed by atoms with van der Waals surface area (Å²) >= 11 is 5.45. The number of hydrogen-bond donors (Lipinski definition) is 1. The average Bonchev–Trinajstić information content (AvgIpc) is 2.35. The van der Waals surface area contributed by atoms with Crippen LogP contribution in [0.3, 0.4) is 0 Å². The van der Waals surface area contributed by atoms with Gasteiger partial charge in [0.15, 0.2) is 0 Å². The minimum Gasteiger partial charge on any atom is -0.465 e. The highest BCUT2D eigenvalue weighted by atomic mass is 35.5. The number of rotatable bonds is 5. The van der Waals surface area contributed by atoms with Gasteiger partial charge in [-0.1, -0.05) is 11.6 Å². The Hall–Kier alpha value is -1.32. The summed E-state index contributed by atoms with van der Waals surface area (Å²) in [5, 5.41) is -0.258. The molecule has 0 atom stereocenters. The maximum atomic E-state index is 12.8. The van der Waals surface area contributed by atoms with Crippen LogP contribution in [0.4, 0.5) is 13.2 Å². The zero-order valence-corrected chi connectivity index (χ0v) is 12.3. The molecule has 5 nitrogen and oxygen atoms in total. The number of halogens is 4. The molecule has 0 aromatic heterocycles. The molecule has 0 aliphatic carbocycles. The van der Waals surface area contributed by atoms with E-state index < -0.39 is 39.2 Å². The van der Waals surface area contributed by atoms with Crippen LogP contribution in [0.15, 0.2) is 23.1 Å². The third kappa shape index (κ3) is 4.87. The van der Waals surface area contributed by atoms with Crippen LogP contribution in [0.5, 0.6) is 0 Å². The first-order valence-electron chi connectivity index (χ1n) is 5.60. The molecule has 1 aromatic rings. The van der Waals surface area contributed by atoms with E-state index in [-0.39, 0.29) is 11.6 Å². The SMILES string of the molecule is CCOC(=O)CNS(=O)(=O)c1ccc(Cl)cc1C(F)(F)F. The van der Waals surface area contributed by atoms with Crippen molar-refractivity contribution in [2.75, 3.05) is 13.2 Å². The van der Waals surface area contributed by atoms with Gasteiger partial charge >= 0.3 is 12.1 Å². The minimum absolute atomic E-state index is 0.0231. The van der Waals surface area contributed by atoms with Crippen LogP contribution in [0.2, 0.25) is 5.02 Å². The molecule has 0 radical (unpaired) electrons. The monoisotopic (exact) mass is 345 g/mol. The van der Waals surface area contributed by atoms with Crippen molar-refractivity contribution in [1.82, 2.24) is 4.72 Å². The number of carbonyl (C=O) groups is 1. The number of alkyl halides is 3. The van der Waals surface area contributed by atoms with Gasteiger partial charge < -0.3 is 4.74 Å². The first-order valence-corrected chi connectivity index (χ1v) is 7.46. The number of benzene rings is 1. The molecule has 1 rings (SSSR count). The molecule has 0 heterocycles. The van der Waals surface area contributed by atoms with E-state index in [9.17, 15) is 26.4 Å². The van der Waals surface area contributed by atoms with E-state index in [1.807, 2.05) is 0 Å². The van der Waals surface area contributed by atoms with Gasteiger partial charge in [0.2, 0.25) is 10.0 Å². The van der Waals surface area contributed by atoms with E-state index in [2.05, 4.69) is 4.74 Å². The summed E-state index contributed by atoms with van der Waals surface area (Å²) in [5.41, 5.74) is -1.41. The zero-order chi connectivity index (χ0) is 16.3. The molecule has 0 aliphatic rings. The standard InChI is InChI=1S/C11H11ClF3NO4S/c1-2-20-10(17)6-16-21(18,19)9-4-3-7(12)5-8(9)11(13,14)15/h3-5,16H,2,6H2,1H3. The second-order valence-corrected chi connectivity index (χ2v) is 5.94. The zero-order valence-electron chi connectivity index (χ0n) is 10.7. The highest BCUT2D eigenvalue weighted by molar-refractivity contribution is 7.89. The van der Waals surface area contributed by atoms with Crippen LogP contribution in [-0.4, -0.2) is 27.5 Å². The quantitative estimate of drug-likeness (QED) is 0.830. The molecule has 1 N–H and O–H groups in total. The smallest absolute Gasteiger partial charge is 0.417 e. The van der Waals surface area contributed by atoms with E-state index in [0.717, 1.165) is 12.1 Å².